The zero-order chi connectivity index (χ0) is 19.8. The highest BCUT2D eigenvalue weighted by atomic mass is 35.5. The molecule has 0 aliphatic rings. The van der Waals surface area contributed by atoms with Crippen molar-refractivity contribution in [1.82, 2.24) is 24.5 Å². The molecule has 1 N–H and O–H groups in total. The molecule has 0 unspecified atom stereocenters. The van der Waals surface area contributed by atoms with Gasteiger partial charge in [-0.1, -0.05) is 23.7 Å². The van der Waals surface area contributed by atoms with Crippen LogP contribution in [0.4, 0.5) is 5.82 Å². The Morgan fingerprint density at radius 1 is 1.21 bits per heavy atom. The Kier molecular flexibility index (Phi) is 4.60. The zero-order valence-electron chi connectivity index (χ0n) is 15.8. The van der Waals surface area contributed by atoms with Gasteiger partial charge < -0.3 is 5.32 Å². The van der Waals surface area contributed by atoms with Crippen LogP contribution in [-0.2, 0) is 13.6 Å². The summed E-state index contributed by atoms with van der Waals surface area (Å²) < 4.78 is 3.42. The average molecular weight is 395 g/mol. The third-order valence-corrected chi connectivity index (χ3v) is 4.76. The topological polar surface area (TPSA) is 77.6 Å². The molecule has 0 spiro atoms. The molecule has 3 aromatic heterocycles. The molecule has 0 bridgehead atoms. The molecule has 3 heterocycles. The molecule has 0 atom stereocenters. The molecular weight excluding hydrogens is 376 g/mol. The van der Waals surface area contributed by atoms with Crippen molar-refractivity contribution in [2.24, 2.45) is 7.05 Å². The van der Waals surface area contributed by atoms with Gasteiger partial charge in [0.2, 0.25) is 0 Å². The van der Waals surface area contributed by atoms with Gasteiger partial charge in [-0.2, -0.15) is 10.2 Å². The van der Waals surface area contributed by atoms with Crippen LogP contribution in [0.3, 0.4) is 0 Å². The maximum absolute atomic E-state index is 13.1. The number of aromatic nitrogens is 5. The molecule has 0 fully saturated rings. The number of benzene rings is 1. The number of fused-ring (bicyclic) bond motifs is 1. The van der Waals surface area contributed by atoms with Crippen LogP contribution < -0.4 is 5.32 Å². The number of carbonyl (C=O) groups is 1. The maximum Gasteiger partial charge on any atom is 0.257 e. The summed E-state index contributed by atoms with van der Waals surface area (Å²) in [6.07, 6.45) is 1.66. The summed E-state index contributed by atoms with van der Waals surface area (Å²) in [6, 6.07) is 11.1. The van der Waals surface area contributed by atoms with Gasteiger partial charge in [-0.3, -0.25) is 9.48 Å². The van der Waals surface area contributed by atoms with E-state index in [2.05, 4.69) is 20.5 Å². The molecule has 0 aliphatic carbocycles. The van der Waals surface area contributed by atoms with E-state index >= 15 is 0 Å². The van der Waals surface area contributed by atoms with Gasteiger partial charge in [0, 0.05) is 23.8 Å². The van der Waals surface area contributed by atoms with Gasteiger partial charge in [-0.05, 0) is 37.6 Å². The summed E-state index contributed by atoms with van der Waals surface area (Å²) in [7, 11) is 1.82. The normalized spacial score (nSPS) is 11.1. The number of nitrogens with one attached hydrogen (secondary N) is 1. The van der Waals surface area contributed by atoms with Crippen LogP contribution in [0, 0.1) is 13.8 Å². The molecule has 7 nitrogen and oxygen atoms in total. The summed E-state index contributed by atoms with van der Waals surface area (Å²) in [4.78, 5) is 17.6. The minimum atomic E-state index is -0.223. The number of halogens is 1. The van der Waals surface area contributed by atoms with Crippen LogP contribution >= 0.6 is 11.6 Å². The largest absolute Gasteiger partial charge is 0.307 e. The van der Waals surface area contributed by atoms with Gasteiger partial charge in [0.05, 0.1) is 29.4 Å². The van der Waals surface area contributed by atoms with Crippen LogP contribution in [0.5, 0.6) is 0 Å². The first-order chi connectivity index (χ1) is 13.4. The van der Waals surface area contributed by atoms with E-state index in [1.165, 1.54) is 0 Å². The number of anilines is 1. The van der Waals surface area contributed by atoms with Gasteiger partial charge in [0.25, 0.3) is 5.91 Å². The number of hydrogen-bond acceptors (Lipinski definition) is 4. The molecular formula is C20H19ClN6O. The lowest BCUT2D eigenvalue weighted by molar-refractivity contribution is 0.102. The number of hydrogen-bond donors (Lipinski definition) is 1. The Hall–Kier alpha value is -3.19. The Morgan fingerprint density at radius 2 is 2.04 bits per heavy atom. The fourth-order valence-corrected chi connectivity index (χ4v) is 3.52. The molecule has 0 saturated heterocycles. The summed E-state index contributed by atoms with van der Waals surface area (Å²) in [5.74, 6) is 0.383. The van der Waals surface area contributed by atoms with Crippen molar-refractivity contribution in [3.8, 4) is 0 Å². The summed E-state index contributed by atoms with van der Waals surface area (Å²) in [6.45, 7) is 4.24. The van der Waals surface area contributed by atoms with Crippen molar-refractivity contribution in [2.75, 3.05) is 5.32 Å². The predicted molar refractivity (Wildman–Crippen MR) is 109 cm³/mol. The highest BCUT2D eigenvalue weighted by molar-refractivity contribution is 6.30. The summed E-state index contributed by atoms with van der Waals surface area (Å²) in [5, 5.41) is 13.1. The Morgan fingerprint density at radius 3 is 2.82 bits per heavy atom. The van der Waals surface area contributed by atoms with E-state index in [0.717, 1.165) is 22.3 Å². The highest BCUT2D eigenvalue weighted by Crippen LogP contribution is 2.23. The number of aryl methyl sites for hydroxylation is 3. The lowest BCUT2D eigenvalue weighted by atomic mass is 10.1. The zero-order valence-corrected chi connectivity index (χ0v) is 16.5. The van der Waals surface area contributed by atoms with Gasteiger partial charge in [0.15, 0.2) is 5.65 Å². The van der Waals surface area contributed by atoms with Crippen molar-refractivity contribution in [3.05, 3.63) is 70.1 Å². The first-order valence-corrected chi connectivity index (χ1v) is 9.19. The van der Waals surface area contributed by atoms with Crippen molar-refractivity contribution in [2.45, 2.75) is 20.4 Å². The molecule has 142 valence electrons. The molecule has 28 heavy (non-hydrogen) atoms. The smallest absolute Gasteiger partial charge is 0.257 e. The summed E-state index contributed by atoms with van der Waals surface area (Å²) >= 11 is 6.06. The molecule has 0 radical (unpaired) electrons. The van der Waals surface area contributed by atoms with E-state index in [4.69, 9.17) is 11.6 Å². The fourth-order valence-electron chi connectivity index (χ4n) is 3.31. The second-order valence-corrected chi connectivity index (χ2v) is 7.11. The second kappa shape index (κ2) is 7.09. The monoisotopic (exact) mass is 394 g/mol. The first kappa shape index (κ1) is 18.2. The Balaban J connectivity index is 1.66. The predicted octanol–water partition coefficient (Wildman–Crippen LogP) is 3.74. The number of pyridine rings is 1. The van der Waals surface area contributed by atoms with Gasteiger partial charge >= 0.3 is 0 Å². The molecule has 0 saturated carbocycles. The molecule has 4 rings (SSSR count). The molecule has 0 aliphatic heterocycles. The number of nitrogens with zero attached hydrogens (tertiary/aromatic N) is 5. The van der Waals surface area contributed by atoms with Crippen LogP contribution in [0.2, 0.25) is 5.02 Å². The quantitative estimate of drug-likeness (QED) is 0.572. The molecule has 1 amide bonds. The number of carbonyl (C=O) groups excluding carboxylic acids is 1. The summed E-state index contributed by atoms with van der Waals surface area (Å²) in [5.41, 5.74) is 3.76. The van der Waals surface area contributed by atoms with E-state index in [-0.39, 0.29) is 5.91 Å². The van der Waals surface area contributed by atoms with Crippen LogP contribution in [-0.4, -0.2) is 30.5 Å². The maximum atomic E-state index is 13.1. The standard InChI is InChI=1S/C20H19ClN6O/c1-12-9-16(18-13(2)25-26(3)19(18)23-12)20(28)24-17-7-8-22-27(17)11-14-5-4-6-15(21)10-14/h4-10H,11H2,1-3H3,(H,24,28). The van der Waals surface area contributed by atoms with Crippen LogP contribution in [0.25, 0.3) is 11.0 Å². The highest BCUT2D eigenvalue weighted by Gasteiger charge is 2.19. The first-order valence-electron chi connectivity index (χ1n) is 8.81. The Labute approximate surface area is 167 Å². The van der Waals surface area contributed by atoms with Gasteiger partial charge in [0.1, 0.15) is 5.82 Å². The van der Waals surface area contributed by atoms with Crippen LogP contribution in [0.15, 0.2) is 42.6 Å². The van der Waals surface area contributed by atoms with E-state index in [1.54, 1.807) is 27.7 Å². The lowest BCUT2D eigenvalue weighted by Crippen LogP contribution is -2.17. The van der Waals surface area contributed by atoms with E-state index in [9.17, 15) is 4.79 Å². The third kappa shape index (κ3) is 3.36. The average Bonchev–Trinajstić information content (AvgIpc) is 3.18. The van der Waals surface area contributed by atoms with Crippen molar-refractivity contribution < 1.29 is 4.79 Å². The van der Waals surface area contributed by atoms with Crippen molar-refractivity contribution in [3.63, 3.8) is 0 Å². The van der Waals surface area contributed by atoms with Crippen LogP contribution in [0.1, 0.15) is 27.3 Å². The minimum Gasteiger partial charge on any atom is -0.307 e. The van der Waals surface area contributed by atoms with Gasteiger partial charge in [-0.15, -0.1) is 0 Å². The molecule has 8 heteroatoms. The van der Waals surface area contributed by atoms with Crippen molar-refractivity contribution >= 4 is 34.4 Å². The molecule has 4 aromatic rings. The van der Waals surface area contributed by atoms with E-state index in [0.29, 0.717) is 28.6 Å². The van der Waals surface area contributed by atoms with Gasteiger partial charge in [-0.25, -0.2) is 9.67 Å². The third-order valence-electron chi connectivity index (χ3n) is 4.52. The Bertz CT molecular complexity index is 1190. The van der Waals surface area contributed by atoms with Crippen molar-refractivity contribution in [1.29, 1.82) is 0 Å². The van der Waals surface area contributed by atoms with E-state index < -0.39 is 0 Å². The molecule has 1 aromatic carbocycles. The number of amides is 1. The van der Waals surface area contributed by atoms with E-state index in [1.807, 2.05) is 45.2 Å². The number of rotatable bonds is 4. The SMILES string of the molecule is Cc1cc(C(=O)Nc2ccnn2Cc2cccc(Cl)c2)c2c(C)nn(C)c2n1. The lowest BCUT2D eigenvalue weighted by Gasteiger charge is -2.11. The second-order valence-electron chi connectivity index (χ2n) is 6.68. The fraction of sp³-hybridized carbons (Fsp3) is 0.200. The minimum absolute atomic E-state index is 0.223.